The fourth-order valence-corrected chi connectivity index (χ4v) is 2.36. The summed E-state index contributed by atoms with van der Waals surface area (Å²) in [5.74, 6) is 1.16. The Hall–Kier alpha value is -1.22. The van der Waals surface area contributed by atoms with Gasteiger partial charge < -0.3 is 14.9 Å². The number of aliphatic hydroxyl groups is 1. The van der Waals surface area contributed by atoms with Crippen molar-refractivity contribution in [3.05, 3.63) is 23.8 Å². The first-order valence-corrected chi connectivity index (χ1v) is 8.27. The second kappa shape index (κ2) is 11.4. The van der Waals surface area contributed by atoms with E-state index in [0.29, 0.717) is 12.4 Å². The van der Waals surface area contributed by atoms with Crippen LogP contribution < -0.4 is 4.74 Å². The van der Waals surface area contributed by atoms with Crippen LogP contribution in [0.4, 0.5) is 0 Å². The van der Waals surface area contributed by atoms with Gasteiger partial charge in [0.15, 0.2) is 0 Å². The first kappa shape index (κ1) is 17.8. The second-order valence-corrected chi connectivity index (χ2v) is 5.70. The van der Waals surface area contributed by atoms with E-state index in [-0.39, 0.29) is 0 Å². The molecule has 0 aliphatic rings. The smallest absolute Gasteiger partial charge is 0.119 e. The van der Waals surface area contributed by atoms with Crippen LogP contribution in [0.5, 0.6) is 11.5 Å². The summed E-state index contributed by atoms with van der Waals surface area (Å²) in [4.78, 5) is 0. The molecular weight excluding hydrogens is 264 g/mol. The van der Waals surface area contributed by atoms with E-state index < -0.39 is 0 Å². The van der Waals surface area contributed by atoms with Crippen LogP contribution in [0.15, 0.2) is 18.2 Å². The van der Waals surface area contributed by atoms with Gasteiger partial charge in [0.1, 0.15) is 11.5 Å². The Balaban J connectivity index is 1.91. The molecule has 0 fully saturated rings. The van der Waals surface area contributed by atoms with E-state index in [9.17, 15) is 5.11 Å². The summed E-state index contributed by atoms with van der Waals surface area (Å²) in [7, 11) is 0. The van der Waals surface area contributed by atoms with Gasteiger partial charge in [-0.2, -0.15) is 0 Å². The molecule has 3 nitrogen and oxygen atoms in total. The number of phenols is 1. The molecule has 0 bridgehead atoms. The molecule has 1 aromatic rings. The first-order chi connectivity index (χ1) is 10.2. The van der Waals surface area contributed by atoms with Gasteiger partial charge in [0.2, 0.25) is 0 Å². The van der Waals surface area contributed by atoms with E-state index >= 15 is 0 Å². The summed E-state index contributed by atoms with van der Waals surface area (Å²) in [5, 5.41) is 18.1. The number of rotatable bonds is 12. The predicted molar refractivity (Wildman–Crippen MR) is 87.0 cm³/mol. The Labute approximate surface area is 129 Å². The minimum absolute atomic E-state index is 0.321. The van der Waals surface area contributed by atoms with Crippen LogP contribution in [0.3, 0.4) is 0 Å². The lowest BCUT2D eigenvalue weighted by Crippen LogP contribution is -1.97. The zero-order chi connectivity index (χ0) is 15.3. The fourth-order valence-electron chi connectivity index (χ4n) is 2.36. The first-order valence-electron chi connectivity index (χ1n) is 8.27. The van der Waals surface area contributed by atoms with E-state index in [1.54, 1.807) is 6.07 Å². The third-order valence-electron chi connectivity index (χ3n) is 3.74. The average Bonchev–Trinajstić information content (AvgIpc) is 2.48. The molecular formula is C18H30O3. The molecule has 0 aliphatic heterocycles. The topological polar surface area (TPSA) is 49.7 Å². The van der Waals surface area contributed by atoms with Crippen molar-refractivity contribution in [2.24, 2.45) is 0 Å². The maximum absolute atomic E-state index is 9.44. The highest BCUT2D eigenvalue weighted by atomic mass is 16.5. The maximum atomic E-state index is 9.44. The number of aromatic hydroxyl groups is 1. The van der Waals surface area contributed by atoms with E-state index in [4.69, 9.17) is 9.84 Å². The number of unbranched alkanes of at least 4 members (excludes halogenated alkanes) is 8. The molecule has 0 atom stereocenters. The van der Waals surface area contributed by atoms with Crippen molar-refractivity contribution in [3.63, 3.8) is 0 Å². The normalized spacial score (nSPS) is 10.8. The summed E-state index contributed by atoms with van der Waals surface area (Å²) < 4.78 is 5.68. The minimum atomic E-state index is 0.321. The van der Waals surface area contributed by atoms with Crippen LogP contribution in [0.25, 0.3) is 0 Å². The minimum Gasteiger partial charge on any atom is -0.508 e. The van der Waals surface area contributed by atoms with Crippen LogP contribution in [0.1, 0.15) is 63.4 Å². The third-order valence-corrected chi connectivity index (χ3v) is 3.74. The van der Waals surface area contributed by atoms with Gasteiger partial charge in [-0.15, -0.1) is 0 Å². The summed E-state index contributed by atoms with van der Waals surface area (Å²) in [6.45, 7) is 2.96. The van der Waals surface area contributed by atoms with Gasteiger partial charge in [0.25, 0.3) is 0 Å². The van der Waals surface area contributed by atoms with Crippen molar-refractivity contribution < 1.29 is 14.9 Å². The van der Waals surface area contributed by atoms with Gasteiger partial charge in [0.05, 0.1) is 6.61 Å². The number of hydrogen-bond donors (Lipinski definition) is 2. The lowest BCUT2D eigenvalue weighted by molar-refractivity contribution is 0.282. The molecule has 0 unspecified atom stereocenters. The van der Waals surface area contributed by atoms with E-state index in [0.717, 1.165) is 37.2 Å². The van der Waals surface area contributed by atoms with Crippen molar-refractivity contribution in [3.8, 4) is 11.5 Å². The molecule has 3 heteroatoms. The zero-order valence-corrected chi connectivity index (χ0v) is 13.3. The van der Waals surface area contributed by atoms with Crippen LogP contribution in [0.2, 0.25) is 0 Å². The summed E-state index contributed by atoms with van der Waals surface area (Å²) in [6.07, 6.45) is 10.9. The standard InChI is InChI=1S/C18H30O3/c1-16-15-17(11-12-18(16)20)21-14-10-8-6-4-2-3-5-7-9-13-19/h11-12,15,19-20H,2-10,13-14H2,1H3. The average molecular weight is 294 g/mol. The number of phenolic OH excluding ortho intramolecular Hbond substituents is 1. The quantitative estimate of drug-likeness (QED) is 0.555. The van der Waals surface area contributed by atoms with Crippen molar-refractivity contribution in [2.45, 2.75) is 64.7 Å². The van der Waals surface area contributed by atoms with Gasteiger partial charge >= 0.3 is 0 Å². The second-order valence-electron chi connectivity index (χ2n) is 5.70. The van der Waals surface area contributed by atoms with Crippen molar-refractivity contribution in [2.75, 3.05) is 13.2 Å². The summed E-state index contributed by atoms with van der Waals surface area (Å²) in [5.41, 5.74) is 0.855. The van der Waals surface area contributed by atoms with Gasteiger partial charge in [-0.3, -0.25) is 0 Å². The fraction of sp³-hybridized carbons (Fsp3) is 0.667. The molecule has 0 heterocycles. The van der Waals surface area contributed by atoms with E-state index in [2.05, 4.69) is 0 Å². The highest BCUT2D eigenvalue weighted by Crippen LogP contribution is 2.22. The van der Waals surface area contributed by atoms with Crippen LogP contribution in [-0.4, -0.2) is 23.4 Å². The Morgan fingerprint density at radius 3 is 2.00 bits per heavy atom. The molecule has 0 saturated carbocycles. The monoisotopic (exact) mass is 294 g/mol. The van der Waals surface area contributed by atoms with Crippen LogP contribution in [0, 0.1) is 6.92 Å². The third kappa shape index (κ3) is 8.61. The van der Waals surface area contributed by atoms with Gasteiger partial charge in [-0.25, -0.2) is 0 Å². The van der Waals surface area contributed by atoms with Gasteiger partial charge in [-0.1, -0.05) is 44.9 Å². The summed E-state index contributed by atoms with van der Waals surface area (Å²) in [6, 6.07) is 5.37. The number of ether oxygens (including phenoxy) is 1. The van der Waals surface area contributed by atoms with Crippen molar-refractivity contribution in [1.29, 1.82) is 0 Å². The highest BCUT2D eigenvalue weighted by molar-refractivity contribution is 5.38. The van der Waals surface area contributed by atoms with Crippen LogP contribution >= 0.6 is 0 Å². The zero-order valence-electron chi connectivity index (χ0n) is 13.3. The Morgan fingerprint density at radius 2 is 1.43 bits per heavy atom. The molecule has 0 radical (unpaired) electrons. The lowest BCUT2D eigenvalue weighted by Gasteiger charge is -2.07. The SMILES string of the molecule is Cc1cc(OCCCCCCCCCCCO)ccc1O. The Kier molecular flexibility index (Phi) is 9.71. The molecule has 0 saturated heterocycles. The molecule has 0 amide bonds. The molecule has 21 heavy (non-hydrogen) atoms. The Bertz CT molecular complexity index is 377. The van der Waals surface area contributed by atoms with E-state index in [1.807, 2.05) is 19.1 Å². The number of benzene rings is 1. The van der Waals surface area contributed by atoms with Crippen molar-refractivity contribution >= 4 is 0 Å². The van der Waals surface area contributed by atoms with Gasteiger partial charge in [0, 0.05) is 6.61 Å². The maximum Gasteiger partial charge on any atom is 0.119 e. The molecule has 0 aromatic heterocycles. The largest absolute Gasteiger partial charge is 0.508 e. The molecule has 120 valence electrons. The molecule has 1 rings (SSSR count). The number of aryl methyl sites for hydroxylation is 1. The van der Waals surface area contributed by atoms with E-state index in [1.165, 1.54) is 38.5 Å². The predicted octanol–water partition coefficient (Wildman–Crippen LogP) is 4.58. The number of hydrogen-bond acceptors (Lipinski definition) is 3. The lowest BCUT2D eigenvalue weighted by atomic mass is 10.1. The van der Waals surface area contributed by atoms with Crippen LogP contribution in [-0.2, 0) is 0 Å². The van der Waals surface area contributed by atoms with Gasteiger partial charge in [-0.05, 0) is 43.5 Å². The number of aliphatic hydroxyl groups excluding tert-OH is 1. The highest BCUT2D eigenvalue weighted by Gasteiger charge is 1.99. The molecule has 0 aliphatic carbocycles. The molecule has 0 spiro atoms. The molecule has 1 aromatic carbocycles. The summed E-state index contributed by atoms with van der Waals surface area (Å²) >= 11 is 0. The molecule has 2 N–H and O–H groups in total. The Morgan fingerprint density at radius 1 is 0.857 bits per heavy atom. The van der Waals surface area contributed by atoms with Crippen molar-refractivity contribution in [1.82, 2.24) is 0 Å².